The second kappa shape index (κ2) is 5.36. The van der Waals surface area contributed by atoms with Gasteiger partial charge in [0.25, 0.3) is 0 Å². The number of benzene rings is 1. The topological polar surface area (TPSA) is 0 Å². The highest BCUT2D eigenvalue weighted by Crippen LogP contribution is 2.32. The van der Waals surface area contributed by atoms with Gasteiger partial charge in [0.05, 0.1) is 0 Å². The summed E-state index contributed by atoms with van der Waals surface area (Å²) >= 11 is 9.89. The van der Waals surface area contributed by atoms with Gasteiger partial charge in [-0.25, -0.2) is 0 Å². The Kier molecular flexibility index (Phi) is 4.10. The molecule has 1 aromatic carbocycles. The maximum atomic E-state index is 6.45. The van der Waals surface area contributed by atoms with Crippen LogP contribution in [0.5, 0.6) is 0 Å². The molecule has 0 bridgehead atoms. The molecule has 2 heteroatoms. The van der Waals surface area contributed by atoms with Crippen LogP contribution in [0, 0.1) is 5.92 Å². The van der Waals surface area contributed by atoms with E-state index in [1.165, 1.54) is 31.2 Å². The average molecular weight is 288 g/mol. The van der Waals surface area contributed by atoms with Crippen molar-refractivity contribution < 1.29 is 0 Å². The largest absolute Gasteiger partial charge is 0.122 e. The molecule has 1 saturated carbocycles. The maximum absolute atomic E-state index is 6.45. The van der Waals surface area contributed by atoms with Gasteiger partial charge in [-0.05, 0) is 42.9 Å². The van der Waals surface area contributed by atoms with Crippen molar-refractivity contribution in [1.82, 2.24) is 0 Å². The van der Waals surface area contributed by atoms with Crippen molar-refractivity contribution in [1.29, 1.82) is 0 Å². The lowest BCUT2D eigenvalue weighted by molar-refractivity contribution is 0.512. The summed E-state index contributed by atoms with van der Waals surface area (Å²) in [6.45, 7) is 0. The number of hydrogen-bond donors (Lipinski definition) is 0. The first-order chi connectivity index (χ1) is 7.25. The van der Waals surface area contributed by atoms with Gasteiger partial charge in [0, 0.05) is 9.85 Å². The molecule has 1 aliphatic rings. The zero-order valence-electron chi connectivity index (χ0n) is 8.76. The highest BCUT2D eigenvalue weighted by molar-refractivity contribution is 9.10. The molecule has 0 radical (unpaired) electrons. The number of rotatable bonds is 3. The third-order valence-electron chi connectivity index (χ3n) is 3.26. The van der Waals surface area contributed by atoms with E-state index in [2.05, 4.69) is 40.2 Å². The average Bonchev–Trinajstić information content (AvgIpc) is 2.74. The summed E-state index contributed by atoms with van der Waals surface area (Å²) in [5.41, 5.74) is 1.35. The third-order valence-corrected chi connectivity index (χ3v) is 4.29. The van der Waals surface area contributed by atoms with Gasteiger partial charge in [0.15, 0.2) is 0 Å². The molecule has 82 valence electrons. The molecule has 0 saturated heterocycles. The van der Waals surface area contributed by atoms with Crippen molar-refractivity contribution in [3.05, 3.63) is 34.3 Å². The summed E-state index contributed by atoms with van der Waals surface area (Å²) in [5.74, 6) is 0.746. The molecule has 1 unspecified atom stereocenters. The number of alkyl halides is 1. The van der Waals surface area contributed by atoms with Crippen LogP contribution in [0.4, 0.5) is 0 Å². The second-order valence-electron chi connectivity index (χ2n) is 4.39. The summed E-state index contributed by atoms with van der Waals surface area (Å²) in [4.78, 5) is 0. The highest BCUT2D eigenvalue weighted by atomic mass is 79.9. The minimum absolute atomic E-state index is 0.327. The summed E-state index contributed by atoms with van der Waals surface area (Å²) in [6, 6.07) is 8.50. The fourth-order valence-corrected chi connectivity index (χ4v) is 3.03. The molecule has 1 atom stereocenters. The van der Waals surface area contributed by atoms with Crippen molar-refractivity contribution in [3.63, 3.8) is 0 Å². The Hall–Kier alpha value is -0.0100. The van der Waals surface area contributed by atoms with Crippen molar-refractivity contribution in [2.45, 2.75) is 37.5 Å². The Morgan fingerprint density at radius 3 is 2.40 bits per heavy atom. The zero-order chi connectivity index (χ0) is 10.7. The van der Waals surface area contributed by atoms with Crippen LogP contribution in [0.1, 0.15) is 31.2 Å². The van der Waals surface area contributed by atoms with Crippen molar-refractivity contribution in [2.75, 3.05) is 0 Å². The molecule has 2 rings (SSSR count). The van der Waals surface area contributed by atoms with Crippen LogP contribution in [0.3, 0.4) is 0 Å². The Balaban J connectivity index is 1.92. The summed E-state index contributed by atoms with van der Waals surface area (Å²) in [6.07, 6.45) is 6.40. The van der Waals surface area contributed by atoms with E-state index < -0.39 is 0 Å². The van der Waals surface area contributed by atoms with Gasteiger partial charge in [-0.2, -0.15) is 0 Å². The van der Waals surface area contributed by atoms with Gasteiger partial charge in [-0.1, -0.05) is 40.9 Å². The summed E-state index contributed by atoms with van der Waals surface area (Å²) < 4.78 is 1.14. The van der Waals surface area contributed by atoms with Gasteiger partial charge < -0.3 is 0 Å². The molecular formula is C13H16BrCl. The van der Waals surface area contributed by atoms with E-state index in [-0.39, 0.29) is 0 Å². The first kappa shape index (κ1) is 11.5. The SMILES string of the molecule is ClC(Cc1ccc(Br)cc1)C1CCCC1. The normalized spacial score (nSPS) is 19.3. The van der Waals surface area contributed by atoms with Crippen LogP contribution in [0.2, 0.25) is 0 Å². The van der Waals surface area contributed by atoms with E-state index >= 15 is 0 Å². The van der Waals surface area contributed by atoms with Crippen LogP contribution in [-0.2, 0) is 6.42 Å². The maximum Gasteiger partial charge on any atom is 0.0404 e. The van der Waals surface area contributed by atoms with E-state index in [0.717, 1.165) is 16.8 Å². The molecule has 0 nitrogen and oxygen atoms in total. The van der Waals surface area contributed by atoms with Crippen LogP contribution in [0.25, 0.3) is 0 Å². The van der Waals surface area contributed by atoms with Gasteiger partial charge in [-0.15, -0.1) is 11.6 Å². The van der Waals surface area contributed by atoms with Gasteiger partial charge in [-0.3, -0.25) is 0 Å². The predicted molar refractivity (Wildman–Crippen MR) is 69.4 cm³/mol. The Morgan fingerprint density at radius 2 is 1.80 bits per heavy atom. The first-order valence-corrected chi connectivity index (χ1v) is 6.87. The second-order valence-corrected chi connectivity index (χ2v) is 5.87. The first-order valence-electron chi connectivity index (χ1n) is 5.64. The smallest absolute Gasteiger partial charge is 0.0404 e. The monoisotopic (exact) mass is 286 g/mol. The Bertz CT molecular complexity index is 301. The Morgan fingerprint density at radius 1 is 1.20 bits per heavy atom. The van der Waals surface area contributed by atoms with Crippen LogP contribution in [-0.4, -0.2) is 5.38 Å². The van der Waals surface area contributed by atoms with E-state index in [9.17, 15) is 0 Å². The molecule has 0 aliphatic heterocycles. The molecule has 1 aliphatic carbocycles. The summed E-state index contributed by atoms with van der Waals surface area (Å²) in [7, 11) is 0. The zero-order valence-corrected chi connectivity index (χ0v) is 11.1. The van der Waals surface area contributed by atoms with E-state index in [1.54, 1.807) is 0 Å². The van der Waals surface area contributed by atoms with E-state index in [1.807, 2.05) is 0 Å². The summed E-state index contributed by atoms with van der Waals surface area (Å²) in [5, 5.41) is 0.327. The number of hydrogen-bond acceptors (Lipinski definition) is 0. The lowest BCUT2D eigenvalue weighted by Gasteiger charge is -2.16. The van der Waals surface area contributed by atoms with Gasteiger partial charge in [0.2, 0.25) is 0 Å². The molecule has 1 fully saturated rings. The minimum atomic E-state index is 0.327. The third kappa shape index (κ3) is 3.22. The quantitative estimate of drug-likeness (QED) is 0.701. The number of halogens is 2. The fraction of sp³-hybridized carbons (Fsp3) is 0.538. The van der Waals surface area contributed by atoms with Crippen LogP contribution >= 0.6 is 27.5 Å². The Labute approximate surface area is 105 Å². The molecular weight excluding hydrogens is 272 g/mol. The molecule has 15 heavy (non-hydrogen) atoms. The van der Waals surface area contributed by atoms with Crippen molar-refractivity contribution >= 4 is 27.5 Å². The van der Waals surface area contributed by atoms with Gasteiger partial charge in [0.1, 0.15) is 0 Å². The molecule has 1 aromatic rings. The van der Waals surface area contributed by atoms with E-state index in [0.29, 0.717) is 5.38 Å². The molecule has 0 heterocycles. The van der Waals surface area contributed by atoms with E-state index in [4.69, 9.17) is 11.6 Å². The van der Waals surface area contributed by atoms with Crippen LogP contribution in [0.15, 0.2) is 28.7 Å². The molecule has 0 spiro atoms. The van der Waals surface area contributed by atoms with Crippen LogP contribution < -0.4 is 0 Å². The molecule has 0 aromatic heterocycles. The van der Waals surface area contributed by atoms with Gasteiger partial charge >= 0.3 is 0 Å². The highest BCUT2D eigenvalue weighted by Gasteiger charge is 2.23. The fourth-order valence-electron chi connectivity index (χ4n) is 2.33. The molecule has 0 N–H and O–H groups in total. The van der Waals surface area contributed by atoms with Crippen molar-refractivity contribution in [3.8, 4) is 0 Å². The molecule has 0 amide bonds. The van der Waals surface area contributed by atoms with Crippen molar-refractivity contribution in [2.24, 2.45) is 5.92 Å². The lowest BCUT2D eigenvalue weighted by atomic mass is 9.98. The standard InChI is InChI=1S/C13H16BrCl/c14-12-7-5-10(6-8-12)9-13(15)11-3-1-2-4-11/h5-8,11,13H,1-4,9H2. The minimum Gasteiger partial charge on any atom is -0.122 e. The lowest BCUT2D eigenvalue weighted by Crippen LogP contribution is -2.14. The predicted octanol–water partition coefficient (Wildman–Crippen LogP) is 4.79.